The van der Waals surface area contributed by atoms with Crippen molar-refractivity contribution < 1.29 is 19.0 Å². The van der Waals surface area contributed by atoms with Gasteiger partial charge in [0, 0.05) is 6.54 Å². The van der Waals surface area contributed by atoms with Crippen molar-refractivity contribution in [2.24, 2.45) is 0 Å². The standard InChI is InChI=1S/C22H27N7O4/c1-4-16-12-33-18(13-32-16)11-29-27-21(26-28-29)19-9-20(25-14(2)24-19)22(30)23-10-15-6-5-7-17(8-15)31-3/h5-9,16,18H,4,10-13H2,1-3H3,(H,23,30)/t16-,18?/m1/s1. The fourth-order valence-corrected chi connectivity index (χ4v) is 3.38. The monoisotopic (exact) mass is 453 g/mol. The van der Waals surface area contributed by atoms with Crippen molar-refractivity contribution in [3.8, 4) is 17.3 Å². The predicted molar refractivity (Wildman–Crippen MR) is 118 cm³/mol. The Morgan fingerprint density at radius 1 is 1.21 bits per heavy atom. The summed E-state index contributed by atoms with van der Waals surface area (Å²) < 4.78 is 16.8. The number of methoxy groups -OCH3 is 1. The van der Waals surface area contributed by atoms with E-state index in [4.69, 9.17) is 14.2 Å². The Labute approximate surface area is 191 Å². The summed E-state index contributed by atoms with van der Waals surface area (Å²) in [6, 6.07) is 9.05. The number of carbonyl (C=O) groups is 1. The lowest BCUT2D eigenvalue weighted by molar-refractivity contribution is -0.139. The first kappa shape index (κ1) is 22.7. The number of aryl methyl sites for hydroxylation is 1. The number of nitrogens with zero attached hydrogens (tertiary/aromatic N) is 6. The summed E-state index contributed by atoms with van der Waals surface area (Å²) in [5.74, 6) is 1.15. The van der Waals surface area contributed by atoms with Gasteiger partial charge in [0.15, 0.2) is 0 Å². The van der Waals surface area contributed by atoms with Crippen molar-refractivity contribution in [3.63, 3.8) is 0 Å². The molecule has 1 aromatic carbocycles. The highest BCUT2D eigenvalue weighted by molar-refractivity contribution is 5.93. The van der Waals surface area contributed by atoms with E-state index in [1.807, 2.05) is 24.3 Å². The molecule has 0 saturated carbocycles. The van der Waals surface area contributed by atoms with Gasteiger partial charge < -0.3 is 19.5 Å². The third kappa shape index (κ3) is 5.88. The van der Waals surface area contributed by atoms with Gasteiger partial charge in [-0.2, -0.15) is 4.80 Å². The molecule has 33 heavy (non-hydrogen) atoms. The summed E-state index contributed by atoms with van der Waals surface area (Å²) in [4.78, 5) is 22.8. The van der Waals surface area contributed by atoms with Gasteiger partial charge in [-0.25, -0.2) is 9.97 Å². The highest BCUT2D eigenvalue weighted by atomic mass is 16.6. The van der Waals surface area contributed by atoms with E-state index < -0.39 is 0 Å². The van der Waals surface area contributed by atoms with Crippen LogP contribution in [-0.2, 0) is 22.6 Å². The van der Waals surface area contributed by atoms with E-state index in [9.17, 15) is 4.79 Å². The zero-order valence-corrected chi connectivity index (χ0v) is 18.9. The fourth-order valence-electron chi connectivity index (χ4n) is 3.38. The van der Waals surface area contributed by atoms with Crippen LogP contribution in [0.3, 0.4) is 0 Å². The lowest BCUT2D eigenvalue weighted by Gasteiger charge is -2.28. The minimum absolute atomic E-state index is 0.137. The number of amides is 1. The van der Waals surface area contributed by atoms with E-state index in [-0.39, 0.29) is 23.8 Å². The molecule has 174 valence electrons. The van der Waals surface area contributed by atoms with Crippen LogP contribution in [0.15, 0.2) is 30.3 Å². The number of hydrogen-bond acceptors (Lipinski definition) is 9. The summed E-state index contributed by atoms with van der Waals surface area (Å²) in [7, 11) is 1.60. The third-order valence-corrected chi connectivity index (χ3v) is 5.20. The molecular formula is C22H27N7O4. The van der Waals surface area contributed by atoms with E-state index in [1.165, 1.54) is 4.80 Å². The van der Waals surface area contributed by atoms with Crippen molar-refractivity contribution in [1.82, 2.24) is 35.5 Å². The number of carbonyl (C=O) groups excluding carboxylic acids is 1. The van der Waals surface area contributed by atoms with Gasteiger partial charge in [0.25, 0.3) is 5.91 Å². The number of hydrogen-bond donors (Lipinski definition) is 1. The Balaban J connectivity index is 1.41. The van der Waals surface area contributed by atoms with Crippen molar-refractivity contribution in [3.05, 3.63) is 47.4 Å². The van der Waals surface area contributed by atoms with E-state index in [1.54, 1.807) is 20.1 Å². The van der Waals surface area contributed by atoms with Crippen LogP contribution < -0.4 is 10.1 Å². The molecular weight excluding hydrogens is 426 g/mol. The summed E-state index contributed by atoms with van der Waals surface area (Å²) >= 11 is 0. The second-order valence-electron chi connectivity index (χ2n) is 7.71. The van der Waals surface area contributed by atoms with Crippen LogP contribution in [0.25, 0.3) is 11.5 Å². The van der Waals surface area contributed by atoms with Crippen molar-refractivity contribution in [1.29, 1.82) is 0 Å². The number of aromatic nitrogens is 6. The predicted octanol–water partition coefficient (Wildman–Crippen LogP) is 1.57. The summed E-state index contributed by atoms with van der Waals surface area (Å²) in [6.45, 7) is 5.58. The van der Waals surface area contributed by atoms with Crippen molar-refractivity contribution >= 4 is 5.91 Å². The summed E-state index contributed by atoms with van der Waals surface area (Å²) in [5.41, 5.74) is 1.57. The minimum atomic E-state index is -0.324. The van der Waals surface area contributed by atoms with Gasteiger partial charge in [-0.15, -0.1) is 10.2 Å². The smallest absolute Gasteiger partial charge is 0.270 e. The van der Waals surface area contributed by atoms with Gasteiger partial charge in [0.1, 0.15) is 29.1 Å². The van der Waals surface area contributed by atoms with Gasteiger partial charge in [-0.1, -0.05) is 19.1 Å². The molecule has 1 fully saturated rings. The van der Waals surface area contributed by atoms with Crippen LogP contribution in [0.4, 0.5) is 0 Å². The molecule has 2 aromatic heterocycles. The minimum Gasteiger partial charge on any atom is -0.497 e. The molecule has 0 aliphatic carbocycles. The summed E-state index contributed by atoms with van der Waals surface area (Å²) in [5, 5.41) is 15.4. The van der Waals surface area contributed by atoms with Crippen LogP contribution in [0, 0.1) is 6.92 Å². The molecule has 1 aliphatic rings. The highest BCUT2D eigenvalue weighted by Crippen LogP contribution is 2.15. The molecule has 11 nitrogen and oxygen atoms in total. The Bertz CT molecular complexity index is 1100. The van der Waals surface area contributed by atoms with Crippen molar-refractivity contribution in [2.75, 3.05) is 20.3 Å². The molecule has 3 heterocycles. The molecule has 0 radical (unpaired) electrons. The maximum absolute atomic E-state index is 12.7. The molecule has 1 saturated heterocycles. The van der Waals surface area contributed by atoms with Crippen LogP contribution in [-0.4, -0.2) is 68.6 Å². The quantitative estimate of drug-likeness (QED) is 0.541. The number of benzene rings is 1. The van der Waals surface area contributed by atoms with Gasteiger partial charge >= 0.3 is 0 Å². The van der Waals surface area contributed by atoms with E-state index in [0.717, 1.165) is 17.7 Å². The summed E-state index contributed by atoms with van der Waals surface area (Å²) in [6.07, 6.45) is 0.916. The molecule has 4 rings (SSSR count). The van der Waals surface area contributed by atoms with Gasteiger partial charge in [-0.05, 0) is 42.3 Å². The average molecular weight is 454 g/mol. The molecule has 0 spiro atoms. The maximum atomic E-state index is 12.7. The van der Waals surface area contributed by atoms with E-state index in [0.29, 0.717) is 43.6 Å². The Morgan fingerprint density at radius 3 is 2.79 bits per heavy atom. The molecule has 1 amide bonds. The molecule has 1 unspecified atom stereocenters. The fraction of sp³-hybridized carbons (Fsp3) is 0.455. The second-order valence-corrected chi connectivity index (χ2v) is 7.71. The number of rotatable bonds is 8. The normalized spacial score (nSPS) is 18.2. The molecule has 0 bridgehead atoms. The van der Waals surface area contributed by atoms with Gasteiger partial charge in [0.2, 0.25) is 5.82 Å². The second kappa shape index (κ2) is 10.5. The van der Waals surface area contributed by atoms with Gasteiger partial charge in [0.05, 0.1) is 33.0 Å². The van der Waals surface area contributed by atoms with Crippen LogP contribution in [0.1, 0.15) is 35.2 Å². The number of ether oxygens (including phenoxy) is 3. The van der Waals surface area contributed by atoms with E-state index in [2.05, 4.69) is 37.6 Å². The van der Waals surface area contributed by atoms with Gasteiger partial charge in [-0.3, -0.25) is 4.79 Å². The molecule has 1 N–H and O–H groups in total. The topological polar surface area (TPSA) is 126 Å². The first-order chi connectivity index (χ1) is 16.0. The van der Waals surface area contributed by atoms with Crippen LogP contribution >= 0.6 is 0 Å². The number of tetrazole rings is 1. The maximum Gasteiger partial charge on any atom is 0.270 e. The highest BCUT2D eigenvalue weighted by Gasteiger charge is 2.23. The first-order valence-corrected chi connectivity index (χ1v) is 10.8. The lowest BCUT2D eigenvalue weighted by Crippen LogP contribution is -2.38. The molecule has 11 heteroatoms. The zero-order valence-electron chi connectivity index (χ0n) is 18.9. The lowest BCUT2D eigenvalue weighted by atomic mass is 10.2. The molecule has 3 aromatic rings. The van der Waals surface area contributed by atoms with Crippen LogP contribution in [0.2, 0.25) is 0 Å². The van der Waals surface area contributed by atoms with Crippen LogP contribution in [0.5, 0.6) is 5.75 Å². The Hall–Kier alpha value is -3.44. The zero-order chi connectivity index (χ0) is 23.2. The Kier molecular flexibility index (Phi) is 7.20. The molecule has 2 atom stereocenters. The van der Waals surface area contributed by atoms with Crippen molar-refractivity contribution in [2.45, 2.75) is 45.6 Å². The first-order valence-electron chi connectivity index (χ1n) is 10.8. The Morgan fingerprint density at radius 2 is 2.03 bits per heavy atom. The third-order valence-electron chi connectivity index (χ3n) is 5.20. The van der Waals surface area contributed by atoms with E-state index >= 15 is 0 Å². The largest absolute Gasteiger partial charge is 0.497 e. The SMILES string of the molecule is CC[C@@H]1COC(Cn2nnc(-c3cc(C(=O)NCc4cccc(OC)c4)nc(C)n3)n2)CO1. The number of nitrogens with one attached hydrogen (secondary N) is 1. The molecule has 1 aliphatic heterocycles. The average Bonchev–Trinajstić information content (AvgIpc) is 3.31.